The minimum atomic E-state index is 0.623. The number of hydrogen-bond donors (Lipinski definition) is 0. The van der Waals surface area contributed by atoms with Crippen LogP contribution in [0, 0.1) is 0 Å². The summed E-state index contributed by atoms with van der Waals surface area (Å²) in [5.74, 6) is 1.88. The van der Waals surface area contributed by atoms with Gasteiger partial charge in [-0.3, -0.25) is 0 Å². The van der Waals surface area contributed by atoms with Crippen LogP contribution in [0.5, 0.6) is 0 Å². The molecule has 0 N–H and O–H groups in total. The van der Waals surface area contributed by atoms with Crippen LogP contribution < -0.4 is 0 Å². The monoisotopic (exact) mass is 687 g/mol. The van der Waals surface area contributed by atoms with Crippen LogP contribution in [0.3, 0.4) is 0 Å². The Balaban J connectivity index is 1.21. The van der Waals surface area contributed by atoms with E-state index in [1.165, 1.54) is 37.9 Å². The van der Waals surface area contributed by atoms with E-state index in [9.17, 15) is 0 Å². The Kier molecular flexibility index (Phi) is 7.81. The molecule has 0 aliphatic heterocycles. The molecule has 0 atom stereocenters. The van der Waals surface area contributed by atoms with Gasteiger partial charge < -0.3 is 0 Å². The van der Waals surface area contributed by atoms with Gasteiger partial charge in [-0.25, -0.2) is 15.0 Å². The van der Waals surface area contributed by atoms with Crippen LogP contribution in [0.15, 0.2) is 200 Å². The fourth-order valence-electron chi connectivity index (χ4n) is 7.79. The standard InChI is InChI=1S/C51H33N3/c1-3-16-34(17-4-1)40-24-11-13-28-45(40)50-52-49(53-51(54-50)46-29-14-12-25-41(46)35-18-5-2-6-19-35)39-23-15-22-38(32-39)48-43-27-10-8-21-37(43)33-47-42-26-9-7-20-36(42)30-31-44(47)48/h1-33H. The van der Waals surface area contributed by atoms with Crippen LogP contribution in [0.25, 0.3) is 99.9 Å². The van der Waals surface area contributed by atoms with Crippen LogP contribution in [0.2, 0.25) is 0 Å². The van der Waals surface area contributed by atoms with E-state index >= 15 is 0 Å². The highest BCUT2D eigenvalue weighted by atomic mass is 15.0. The van der Waals surface area contributed by atoms with E-state index in [0.717, 1.165) is 44.5 Å². The lowest BCUT2D eigenvalue weighted by Crippen LogP contribution is -2.02. The van der Waals surface area contributed by atoms with Gasteiger partial charge >= 0.3 is 0 Å². The first-order valence-corrected chi connectivity index (χ1v) is 18.3. The minimum Gasteiger partial charge on any atom is -0.208 e. The first kappa shape index (κ1) is 31.5. The predicted octanol–water partition coefficient (Wildman–Crippen LogP) is 13.3. The van der Waals surface area contributed by atoms with Crippen LogP contribution in [0.4, 0.5) is 0 Å². The Labute approximate surface area is 313 Å². The molecule has 0 bridgehead atoms. The van der Waals surface area contributed by atoms with Gasteiger partial charge in [-0.2, -0.15) is 0 Å². The molecule has 0 amide bonds. The van der Waals surface area contributed by atoms with Gasteiger partial charge in [-0.15, -0.1) is 0 Å². The average Bonchev–Trinajstić information content (AvgIpc) is 3.26. The van der Waals surface area contributed by atoms with E-state index in [-0.39, 0.29) is 0 Å². The Bertz CT molecular complexity index is 2890. The molecule has 3 nitrogen and oxygen atoms in total. The summed E-state index contributed by atoms with van der Waals surface area (Å²) in [6.45, 7) is 0. The maximum absolute atomic E-state index is 5.27. The fraction of sp³-hybridized carbons (Fsp3) is 0. The van der Waals surface area contributed by atoms with Crippen molar-refractivity contribution in [3.05, 3.63) is 200 Å². The molecule has 1 aromatic heterocycles. The first-order chi connectivity index (χ1) is 26.8. The summed E-state index contributed by atoms with van der Waals surface area (Å²) in [4.78, 5) is 15.8. The molecule has 0 aliphatic rings. The highest BCUT2D eigenvalue weighted by molar-refractivity contribution is 6.20. The molecule has 1 heterocycles. The van der Waals surface area contributed by atoms with Gasteiger partial charge in [0.1, 0.15) is 0 Å². The molecule has 0 spiro atoms. The van der Waals surface area contributed by atoms with Gasteiger partial charge in [0.15, 0.2) is 17.5 Å². The maximum Gasteiger partial charge on any atom is 0.164 e. The Morgan fingerprint density at radius 3 is 1.37 bits per heavy atom. The molecule has 252 valence electrons. The second-order valence-electron chi connectivity index (χ2n) is 13.6. The third-order valence-electron chi connectivity index (χ3n) is 10.3. The van der Waals surface area contributed by atoms with Crippen LogP contribution in [-0.4, -0.2) is 15.0 Å². The summed E-state index contributed by atoms with van der Waals surface area (Å²) < 4.78 is 0. The molecular weight excluding hydrogens is 655 g/mol. The van der Waals surface area contributed by atoms with E-state index in [1.807, 2.05) is 12.1 Å². The number of aromatic nitrogens is 3. The van der Waals surface area contributed by atoms with E-state index in [4.69, 9.17) is 15.0 Å². The summed E-state index contributed by atoms with van der Waals surface area (Å²) in [6, 6.07) is 70.5. The van der Waals surface area contributed by atoms with Gasteiger partial charge in [-0.1, -0.05) is 188 Å². The molecule has 10 rings (SSSR count). The van der Waals surface area contributed by atoms with Crippen molar-refractivity contribution in [1.29, 1.82) is 0 Å². The van der Waals surface area contributed by atoms with Crippen LogP contribution in [-0.2, 0) is 0 Å². The van der Waals surface area contributed by atoms with Gasteiger partial charge in [0.05, 0.1) is 0 Å². The Morgan fingerprint density at radius 1 is 0.241 bits per heavy atom. The van der Waals surface area contributed by atoms with Gasteiger partial charge in [0.25, 0.3) is 0 Å². The van der Waals surface area contributed by atoms with E-state index in [1.54, 1.807) is 0 Å². The highest BCUT2D eigenvalue weighted by Crippen LogP contribution is 2.41. The summed E-state index contributed by atoms with van der Waals surface area (Å²) in [7, 11) is 0. The van der Waals surface area contributed by atoms with E-state index in [0.29, 0.717) is 17.5 Å². The predicted molar refractivity (Wildman–Crippen MR) is 225 cm³/mol. The third kappa shape index (κ3) is 5.60. The molecule has 54 heavy (non-hydrogen) atoms. The van der Waals surface area contributed by atoms with Gasteiger partial charge in [0, 0.05) is 16.7 Å². The summed E-state index contributed by atoms with van der Waals surface area (Å²) in [5.41, 5.74) is 9.51. The topological polar surface area (TPSA) is 38.7 Å². The van der Waals surface area contributed by atoms with Crippen molar-refractivity contribution in [1.82, 2.24) is 15.0 Å². The van der Waals surface area contributed by atoms with Crippen molar-refractivity contribution in [3.63, 3.8) is 0 Å². The lowest BCUT2D eigenvalue weighted by molar-refractivity contribution is 1.07. The molecule has 0 radical (unpaired) electrons. The lowest BCUT2D eigenvalue weighted by atomic mass is 9.89. The van der Waals surface area contributed by atoms with Crippen molar-refractivity contribution in [2.24, 2.45) is 0 Å². The van der Waals surface area contributed by atoms with Crippen molar-refractivity contribution in [3.8, 4) is 67.5 Å². The third-order valence-corrected chi connectivity index (χ3v) is 10.3. The second-order valence-corrected chi connectivity index (χ2v) is 13.6. The Hall–Kier alpha value is -7.23. The molecule has 0 unspecified atom stereocenters. The molecule has 0 fully saturated rings. The van der Waals surface area contributed by atoms with Gasteiger partial charge in [0.2, 0.25) is 0 Å². The molecule has 10 aromatic rings. The quantitative estimate of drug-likeness (QED) is 0.129. The zero-order valence-electron chi connectivity index (χ0n) is 29.4. The van der Waals surface area contributed by atoms with Crippen LogP contribution in [0.1, 0.15) is 0 Å². The molecule has 0 aliphatic carbocycles. The minimum absolute atomic E-state index is 0.623. The number of benzene rings is 9. The summed E-state index contributed by atoms with van der Waals surface area (Å²) >= 11 is 0. The lowest BCUT2D eigenvalue weighted by Gasteiger charge is -2.16. The van der Waals surface area contributed by atoms with E-state index in [2.05, 4.69) is 188 Å². The molecule has 3 heteroatoms. The number of nitrogens with zero attached hydrogens (tertiary/aromatic N) is 3. The highest BCUT2D eigenvalue weighted by Gasteiger charge is 2.19. The molecular formula is C51H33N3. The van der Waals surface area contributed by atoms with Crippen molar-refractivity contribution in [2.45, 2.75) is 0 Å². The number of rotatable bonds is 6. The normalized spacial score (nSPS) is 11.3. The molecule has 0 saturated heterocycles. The Morgan fingerprint density at radius 2 is 0.722 bits per heavy atom. The van der Waals surface area contributed by atoms with Crippen molar-refractivity contribution in [2.75, 3.05) is 0 Å². The van der Waals surface area contributed by atoms with Gasteiger partial charge in [-0.05, 0) is 77.8 Å². The largest absolute Gasteiger partial charge is 0.208 e. The molecule has 9 aromatic carbocycles. The average molecular weight is 688 g/mol. The zero-order valence-corrected chi connectivity index (χ0v) is 29.4. The van der Waals surface area contributed by atoms with Crippen molar-refractivity contribution >= 4 is 32.3 Å². The van der Waals surface area contributed by atoms with Crippen LogP contribution >= 0.6 is 0 Å². The zero-order chi connectivity index (χ0) is 35.8. The summed E-state index contributed by atoms with van der Waals surface area (Å²) in [5, 5.41) is 7.36. The smallest absolute Gasteiger partial charge is 0.164 e. The fourth-order valence-corrected chi connectivity index (χ4v) is 7.79. The SMILES string of the molecule is c1ccc(-c2ccccc2-c2nc(-c3cccc(-c4c5ccccc5cc5c4ccc4ccccc45)c3)nc(-c3ccccc3-c3ccccc3)n2)cc1. The number of hydrogen-bond acceptors (Lipinski definition) is 3. The van der Waals surface area contributed by atoms with E-state index < -0.39 is 0 Å². The first-order valence-electron chi connectivity index (χ1n) is 18.3. The molecule has 0 saturated carbocycles. The van der Waals surface area contributed by atoms with Crippen molar-refractivity contribution < 1.29 is 0 Å². The summed E-state index contributed by atoms with van der Waals surface area (Å²) in [6.07, 6.45) is 0. The number of fused-ring (bicyclic) bond motifs is 4. The second kappa shape index (κ2) is 13.4. The maximum atomic E-state index is 5.27.